The fourth-order valence-electron chi connectivity index (χ4n) is 4.11. The number of aliphatic hydroxyl groups excluding tert-OH is 1. The molecule has 26 heavy (non-hydrogen) atoms. The Bertz CT molecular complexity index is 578. The van der Waals surface area contributed by atoms with Gasteiger partial charge in [0, 0.05) is 7.11 Å². The molecule has 1 aliphatic rings. The number of hydrogen-bond donors (Lipinski definition) is 2. The summed E-state index contributed by atoms with van der Waals surface area (Å²) in [4.78, 5) is 0. The van der Waals surface area contributed by atoms with Crippen molar-refractivity contribution in [3.8, 4) is 0 Å². The van der Waals surface area contributed by atoms with Crippen LogP contribution in [0.5, 0.6) is 0 Å². The Kier molecular flexibility index (Phi) is 7.45. The topological polar surface area (TPSA) is 49.7 Å². The minimum Gasteiger partial charge on any atom is -0.390 e. The number of aliphatic hydroxyl groups is 2. The van der Waals surface area contributed by atoms with Gasteiger partial charge >= 0.3 is 0 Å². The molecular formula is C23H36O3. The predicted octanol–water partition coefficient (Wildman–Crippen LogP) is 4.30. The minimum atomic E-state index is -0.794. The molecule has 2 rings (SSSR count). The highest BCUT2D eigenvalue weighted by atomic mass is 16.5. The highest BCUT2D eigenvalue weighted by Crippen LogP contribution is 2.38. The number of allylic oxidation sites excluding steroid dienone is 1. The summed E-state index contributed by atoms with van der Waals surface area (Å²) in [5.41, 5.74) is 2.86. The first-order valence-corrected chi connectivity index (χ1v) is 9.94. The van der Waals surface area contributed by atoms with E-state index < -0.39 is 11.7 Å². The van der Waals surface area contributed by atoms with E-state index in [0.29, 0.717) is 12.5 Å². The summed E-state index contributed by atoms with van der Waals surface area (Å²) in [6.45, 7) is 7.86. The van der Waals surface area contributed by atoms with Crippen LogP contribution in [0.2, 0.25) is 0 Å². The summed E-state index contributed by atoms with van der Waals surface area (Å²) in [7, 11) is 1.78. The van der Waals surface area contributed by atoms with Crippen LogP contribution in [-0.4, -0.2) is 35.1 Å². The maximum atomic E-state index is 10.6. The van der Waals surface area contributed by atoms with Gasteiger partial charge in [-0.05, 0) is 81.4 Å². The number of ether oxygens (including phenoxy) is 1. The summed E-state index contributed by atoms with van der Waals surface area (Å²) in [5, 5.41) is 20.7. The van der Waals surface area contributed by atoms with E-state index >= 15 is 0 Å². The molecule has 4 atom stereocenters. The van der Waals surface area contributed by atoms with E-state index in [2.05, 4.69) is 37.3 Å². The van der Waals surface area contributed by atoms with Gasteiger partial charge in [0.1, 0.15) is 0 Å². The molecule has 0 bridgehead atoms. The zero-order chi connectivity index (χ0) is 19.3. The quantitative estimate of drug-likeness (QED) is 0.680. The molecule has 0 unspecified atom stereocenters. The SMILES string of the molecule is CC[C@H](CCc1ccc(C[C@H]2C=C(C)[C@@H](O)C[C@@H]2C(C)(C)O)cc1)OC. The predicted molar refractivity (Wildman–Crippen MR) is 107 cm³/mol. The van der Waals surface area contributed by atoms with Gasteiger partial charge in [-0.25, -0.2) is 0 Å². The maximum Gasteiger partial charge on any atom is 0.0751 e. The van der Waals surface area contributed by atoms with E-state index in [4.69, 9.17) is 4.74 Å². The number of methoxy groups -OCH3 is 1. The van der Waals surface area contributed by atoms with Crippen molar-refractivity contribution in [1.29, 1.82) is 0 Å². The van der Waals surface area contributed by atoms with Crippen molar-refractivity contribution in [2.24, 2.45) is 11.8 Å². The molecule has 2 N–H and O–H groups in total. The van der Waals surface area contributed by atoms with E-state index in [1.165, 1.54) is 11.1 Å². The van der Waals surface area contributed by atoms with Crippen molar-refractivity contribution in [3.63, 3.8) is 0 Å². The van der Waals surface area contributed by atoms with E-state index in [1.807, 2.05) is 20.8 Å². The molecule has 0 aliphatic heterocycles. The molecule has 0 radical (unpaired) electrons. The molecule has 3 heteroatoms. The summed E-state index contributed by atoms with van der Waals surface area (Å²) >= 11 is 0. The highest BCUT2D eigenvalue weighted by Gasteiger charge is 2.37. The molecule has 3 nitrogen and oxygen atoms in total. The van der Waals surface area contributed by atoms with Crippen LogP contribution in [0.15, 0.2) is 35.9 Å². The number of rotatable bonds is 8. The van der Waals surface area contributed by atoms with Crippen molar-refractivity contribution in [2.45, 2.75) is 77.6 Å². The molecule has 0 amide bonds. The van der Waals surface area contributed by atoms with Gasteiger partial charge in [-0.1, -0.05) is 37.3 Å². The smallest absolute Gasteiger partial charge is 0.0751 e. The second-order valence-corrected chi connectivity index (χ2v) is 8.41. The number of hydrogen-bond acceptors (Lipinski definition) is 3. The summed E-state index contributed by atoms with van der Waals surface area (Å²) in [6.07, 6.45) is 6.73. The normalized spacial score (nSPS) is 25.0. The van der Waals surface area contributed by atoms with Crippen LogP contribution in [0.1, 0.15) is 58.1 Å². The van der Waals surface area contributed by atoms with E-state index in [0.717, 1.165) is 31.3 Å². The molecule has 0 spiro atoms. The third kappa shape index (κ3) is 5.67. The van der Waals surface area contributed by atoms with Gasteiger partial charge in [-0.15, -0.1) is 0 Å². The maximum absolute atomic E-state index is 10.6. The summed E-state index contributed by atoms with van der Waals surface area (Å²) in [6, 6.07) is 8.84. The Balaban J connectivity index is 2.04. The van der Waals surface area contributed by atoms with Crippen LogP contribution in [-0.2, 0) is 17.6 Å². The van der Waals surface area contributed by atoms with E-state index in [1.54, 1.807) is 7.11 Å². The molecule has 0 heterocycles. The lowest BCUT2D eigenvalue weighted by Gasteiger charge is -2.40. The lowest BCUT2D eigenvalue weighted by Crippen LogP contribution is -2.41. The minimum absolute atomic E-state index is 0.0629. The molecule has 0 aromatic heterocycles. The van der Waals surface area contributed by atoms with Gasteiger partial charge in [0.15, 0.2) is 0 Å². The molecule has 1 aromatic rings. The third-order valence-electron chi connectivity index (χ3n) is 5.94. The Morgan fingerprint density at radius 1 is 1.19 bits per heavy atom. The fraction of sp³-hybridized carbons (Fsp3) is 0.652. The standard InChI is InChI=1S/C23H36O3/c1-6-20(26-5)12-11-17-7-9-18(10-8-17)14-19-13-16(2)22(24)15-21(19)23(3,4)25/h7-10,13,19-22,24-25H,6,11-12,14-15H2,1-5H3/t19-,20-,21+,22+/m1/s1. The Morgan fingerprint density at radius 3 is 2.35 bits per heavy atom. The molecule has 146 valence electrons. The number of benzene rings is 1. The summed E-state index contributed by atoms with van der Waals surface area (Å²) in [5.74, 6) is 0.315. The van der Waals surface area contributed by atoms with Crippen LogP contribution in [0, 0.1) is 11.8 Å². The molecule has 1 aromatic carbocycles. The first kappa shape index (κ1) is 21.1. The number of aryl methyl sites for hydroxylation is 1. The molecule has 1 aliphatic carbocycles. The second kappa shape index (κ2) is 9.16. The monoisotopic (exact) mass is 360 g/mol. The van der Waals surface area contributed by atoms with Gasteiger partial charge in [0.05, 0.1) is 17.8 Å². The zero-order valence-electron chi connectivity index (χ0n) is 17.0. The van der Waals surface area contributed by atoms with Crippen LogP contribution in [0.4, 0.5) is 0 Å². The average molecular weight is 361 g/mol. The molecular weight excluding hydrogens is 324 g/mol. The fourth-order valence-corrected chi connectivity index (χ4v) is 4.11. The van der Waals surface area contributed by atoms with Crippen molar-refractivity contribution < 1.29 is 14.9 Å². The van der Waals surface area contributed by atoms with Gasteiger partial charge in [-0.2, -0.15) is 0 Å². The van der Waals surface area contributed by atoms with Crippen molar-refractivity contribution in [2.75, 3.05) is 7.11 Å². The van der Waals surface area contributed by atoms with Gasteiger partial charge in [0.2, 0.25) is 0 Å². The van der Waals surface area contributed by atoms with Crippen molar-refractivity contribution in [3.05, 3.63) is 47.0 Å². The third-order valence-corrected chi connectivity index (χ3v) is 5.94. The highest BCUT2D eigenvalue weighted by molar-refractivity contribution is 5.25. The summed E-state index contributed by atoms with van der Waals surface area (Å²) < 4.78 is 5.46. The van der Waals surface area contributed by atoms with Gasteiger partial charge in [0.25, 0.3) is 0 Å². The zero-order valence-corrected chi connectivity index (χ0v) is 17.0. The first-order chi connectivity index (χ1) is 12.2. The van der Waals surface area contributed by atoms with Crippen LogP contribution in [0.3, 0.4) is 0 Å². The Labute approximate surface area is 159 Å². The van der Waals surface area contributed by atoms with Crippen molar-refractivity contribution >= 4 is 0 Å². The van der Waals surface area contributed by atoms with Crippen LogP contribution < -0.4 is 0 Å². The largest absolute Gasteiger partial charge is 0.390 e. The van der Waals surface area contributed by atoms with Crippen molar-refractivity contribution in [1.82, 2.24) is 0 Å². The van der Waals surface area contributed by atoms with Crippen LogP contribution in [0.25, 0.3) is 0 Å². The van der Waals surface area contributed by atoms with E-state index in [-0.39, 0.29) is 11.8 Å². The molecule has 0 saturated heterocycles. The molecule has 0 saturated carbocycles. The van der Waals surface area contributed by atoms with Gasteiger partial charge in [-0.3, -0.25) is 0 Å². The van der Waals surface area contributed by atoms with E-state index in [9.17, 15) is 10.2 Å². The Hall–Kier alpha value is -1.16. The first-order valence-electron chi connectivity index (χ1n) is 9.94. The van der Waals surface area contributed by atoms with Crippen LogP contribution >= 0.6 is 0 Å². The lowest BCUT2D eigenvalue weighted by atomic mass is 9.70. The average Bonchev–Trinajstić information content (AvgIpc) is 2.59. The Morgan fingerprint density at radius 2 is 1.81 bits per heavy atom. The van der Waals surface area contributed by atoms with Gasteiger partial charge < -0.3 is 14.9 Å². The lowest BCUT2D eigenvalue weighted by molar-refractivity contribution is -0.0264. The molecule has 0 fully saturated rings. The second-order valence-electron chi connectivity index (χ2n) is 8.41.